The van der Waals surface area contributed by atoms with Gasteiger partial charge in [-0.3, -0.25) is 14.5 Å². The van der Waals surface area contributed by atoms with Crippen molar-refractivity contribution in [1.29, 1.82) is 0 Å². The topological polar surface area (TPSA) is 94.2 Å². The summed E-state index contributed by atoms with van der Waals surface area (Å²) in [7, 11) is 0. The number of carbonyl (C=O) groups is 3. The Morgan fingerprint density at radius 2 is 1.97 bits per heavy atom. The van der Waals surface area contributed by atoms with Crippen LogP contribution in [0.25, 0.3) is 6.08 Å². The van der Waals surface area contributed by atoms with Crippen LogP contribution in [-0.4, -0.2) is 43.8 Å². The molecule has 2 aromatic carbocycles. The van der Waals surface area contributed by atoms with Crippen LogP contribution < -0.4 is 19.7 Å². The molecule has 3 aliphatic rings. The van der Waals surface area contributed by atoms with Gasteiger partial charge in [-0.05, 0) is 66.8 Å². The molecule has 1 saturated heterocycles. The molecule has 1 N–H and O–H groups in total. The first-order valence-corrected chi connectivity index (χ1v) is 11.0. The average Bonchev–Trinajstić information content (AvgIpc) is 3.38. The smallest absolute Gasteiger partial charge is 0.414 e. The Bertz CT molecular complexity index is 1170. The van der Waals surface area contributed by atoms with E-state index in [-0.39, 0.29) is 25.0 Å². The van der Waals surface area contributed by atoms with Gasteiger partial charge >= 0.3 is 6.09 Å². The normalized spacial score (nSPS) is 20.5. The molecule has 0 unspecified atom stereocenters. The van der Waals surface area contributed by atoms with E-state index in [1.807, 2.05) is 30.3 Å². The number of rotatable bonds is 4. The van der Waals surface area contributed by atoms with Crippen molar-refractivity contribution in [2.24, 2.45) is 0 Å². The predicted molar refractivity (Wildman–Crippen MR) is 121 cm³/mol. The van der Waals surface area contributed by atoms with Crippen LogP contribution in [0.15, 0.2) is 42.0 Å². The maximum atomic E-state index is 13.3. The van der Waals surface area contributed by atoms with Crippen molar-refractivity contribution >= 4 is 29.5 Å². The maximum absolute atomic E-state index is 13.3. The third-order valence-corrected chi connectivity index (χ3v) is 6.02. The maximum Gasteiger partial charge on any atom is 0.414 e. The summed E-state index contributed by atoms with van der Waals surface area (Å²) in [6.07, 6.45) is 3.30. The van der Waals surface area contributed by atoms with Crippen LogP contribution in [0.5, 0.6) is 11.5 Å². The van der Waals surface area contributed by atoms with Gasteiger partial charge in [-0.25, -0.2) is 4.79 Å². The number of fused-ring (bicyclic) bond motifs is 2. The van der Waals surface area contributed by atoms with E-state index in [0.29, 0.717) is 35.7 Å². The summed E-state index contributed by atoms with van der Waals surface area (Å²) in [6.45, 7) is 2.26. The molecular weight excluding hydrogens is 424 g/mol. The molecule has 2 amide bonds. The second kappa shape index (κ2) is 8.61. The van der Waals surface area contributed by atoms with E-state index in [1.54, 1.807) is 17.0 Å². The van der Waals surface area contributed by atoms with Crippen molar-refractivity contribution in [2.45, 2.75) is 32.3 Å². The van der Waals surface area contributed by atoms with E-state index in [4.69, 9.17) is 14.2 Å². The lowest BCUT2D eigenvalue weighted by molar-refractivity contribution is -0.119. The molecule has 1 atom stereocenters. The van der Waals surface area contributed by atoms with Crippen molar-refractivity contribution < 1.29 is 28.6 Å². The summed E-state index contributed by atoms with van der Waals surface area (Å²) >= 11 is 0. The number of benzene rings is 2. The van der Waals surface area contributed by atoms with Gasteiger partial charge in [0.15, 0.2) is 17.3 Å². The van der Waals surface area contributed by atoms with Crippen molar-refractivity contribution in [3.8, 4) is 11.5 Å². The van der Waals surface area contributed by atoms with Gasteiger partial charge in [-0.15, -0.1) is 0 Å². The minimum absolute atomic E-state index is 0.000694. The molecule has 8 heteroatoms. The molecular formula is C25H24N2O6. The van der Waals surface area contributed by atoms with E-state index >= 15 is 0 Å². The summed E-state index contributed by atoms with van der Waals surface area (Å²) in [6, 6.07) is 11.1. The number of anilines is 1. The third kappa shape index (κ3) is 4.28. The third-order valence-electron chi connectivity index (χ3n) is 6.02. The first kappa shape index (κ1) is 21.1. The highest BCUT2D eigenvalue weighted by Gasteiger charge is 2.33. The Kier molecular flexibility index (Phi) is 5.50. The molecule has 5 rings (SSSR count). The van der Waals surface area contributed by atoms with Crippen molar-refractivity contribution in [1.82, 2.24) is 5.32 Å². The molecule has 0 aromatic heterocycles. The van der Waals surface area contributed by atoms with Gasteiger partial charge in [0.2, 0.25) is 12.7 Å². The molecule has 1 aliphatic carbocycles. The molecule has 2 heterocycles. The van der Waals surface area contributed by atoms with Crippen molar-refractivity contribution in [3.63, 3.8) is 0 Å². The van der Waals surface area contributed by atoms with E-state index in [1.165, 1.54) is 6.92 Å². The second-order valence-electron chi connectivity index (χ2n) is 8.36. The zero-order chi connectivity index (χ0) is 22.9. The molecule has 33 heavy (non-hydrogen) atoms. The van der Waals surface area contributed by atoms with Crippen LogP contribution in [0.4, 0.5) is 10.5 Å². The fourth-order valence-corrected chi connectivity index (χ4v) is 4.37. The first-order chi connectivity index (χ1) is 16.0. The lowest BCUT2D eigenvalue weighted by Crippen LogP contribution is -2.33. The molecule has 1 fully saturated rings. The van der Waals surface area contributed by atoms with E-state index < -0.39 is 12.2 Å². The molecule has 2 aliphatic heterocycles. The minimum atomic E-state index is -0.450. The summed E-state index contributed by atoms with van der Waals surface area (Å²) in [5.74, 6) is 1.23. The van der Waals surface area contributed by atoms with Crippen LogP contribution in [0.3, 0.4) is 0 Å². The number of nitrogens with one attached hydrogen (secondary N) is 1. The molecule has 0 bridgehead atoms. The number of cyclic esters (lactones) is 1. The van der Waals surface area contributed by atoms with Gasteiger partial charge < -0.3 is 19.5 Å². The zero-order valence-electron chi connectivity index (χ0n) is 18.3. The van der Waals surface area contributed by atoms with Crippen LogP contribution in [0, 0.1) is 0 Å². The van der Waals surface area contributed by atoms with Crippen LogP contribution in [0.1, 0.15) is 41.3 Å². The lowest BCUT2D eigenvalue weighted by atomic mass is 9.97. The largest absolute Gasteiger partial charge is 0.454 e. The first-order valence-electron chi connectivity index (χ1n) is 11.0. The van der Waals surface area contributed by atoms with E-state index in [0.717, 1.165) is 29.5 Å². The fourth-order valence-electron chi connectivity index (χ4n) is 4.37. The van der Waals surface area contributed by atoms with E-state index in [9.17, 15) is 14.4 Å². The Morgan fingerprint density at radius 1 is 1.12 bits per heavy atom. The second-order valence-corrected chi connectivity index (χ2v) is 8.36. The number of nitrogens with zero attached hydrogens (tertiary/aromatic N) is 1. The molecule has 0 saturated carbocycles. The minimum Gasteiger partial charge on any atom is -0.454 e. The monoisotopic (exact) mass is 448 g/mol. The molecule has 0 radical (unpaired) electrons. The zero-order valence-corrected chi connectivity index (χ0v) is 18.3. The Labute approximate surface area is 191 Å². The Hall–Kier alpha value is -3.81. The Morgan fingerprint density at radius 3 is 2.82 bits per heavy atom. The fraction of sp³-hybridized carbons (Fsp3) is 0.320. The predicted octanol–water partition coefficient (Wildman–Crippen LogP) is 3.48. The van der Waals surface area contributed by atoms with Crippen LogP contribution in [-0.2, 0) is 16.0 Å². The molecule has 170 valence electrons. The summed E-state index contributed by atoms with van der Waals surface area (Å²) < 4.78 is 16.2. The quantitative estimate of drug-likeness (QED) is 0.569. The average molecular weight is 448 g/mol. The standard InChI is InChI=1S/C25H24N2O6/c1-15(28)26-12-20-13-27(25(30)33-20)19-6-7-21-17(11-19)3-2-4-18(24(21)29)9-16-5-8-22-23(10-16)32-14-31-22/h5-11,20H,2-4,12-14H2,1H3,(H,26,28)/b18-9+/t20-/m0/s1. The summed E-state index contributed by atoms with van der Waals surface area (Å²) in [5, 5.41) is 2.67. The number of carbonyl (C=O) groups excluding carboxylic acids is 3. The van der Waals surface area contributed by atoms with Crippen molar-refractivity contribution in [2.75, 3.05) is 24.8 Å². The Balaban J connectivity index is 1.36. The molecule has 0 spiro atoms. The summed E-state index contributed by atoms with van der Waals surface area (Å²) in [4.78, 5) is 38.3. The lowest BCUT2D eigenvalue weighted by Gasteiger charge is -2.16. The van der Waals surface area contributed by atoms with Gasteiger partial charge in [-0.1, -0.05) is 6.07 Å². The van der Waals surface area contributed by atoms with Gasteiger partial charge in [0, 0.05) is 23.7 Å². The van der Waals surface area contributed by atoms with Gasteiger partial charge in [0.05, 0.1) is 13.1 Å². The van der Waals surface area contributed by atoms with E-state index in [2.05, 4.69) is 5.32 Å². The highest BCUT2D eigenvalue weighted by molar-refractivity contribution is 6.12. The summed E-state index contributed by atoms with van der Waals surface area (Å²) in [5.41, 5.74) is 3.92. The highest BCUT2D eigenvalue weighted by atomic mass is 16.7. The molecule has 2 aromatic rings. The number of Topliss-reactive ketones (excluding diaryl/α,β-unsaturated/α-hetero) is 1. The van der Waals surface area contributed by atoms with Gasteiger partial charge in [0.25, 0.3) is 0 Å². The number of allylic oxidation sites excluding steroid dienone is 1. The number of aryl methyl sites for hydroxylation is 1. The van der Waals surface area contributed by atoms with Crippen molar-refractivity contribution in [3.05, 3.63) is 58.7 Å². The SMILES string of the molecule is CC(=O)NC[C@H]1CN(c2ccc3c(c2)CCC/C(=C\c2ccc4c(c2)OCO4)C3=O)C(=O)O1. The number of hydrogen-bond donors (Lipinski definition) is 1. The van der Waals surface area contributed by atoms with Crippen LogP contribution in [0.2, 0.25) is 0 Å². The molecule has 8 nitrogen and oxygen atoms in total. The number of amides is 2. The number of ketones is 1. The van der Waals surface area contributed by atoms with Gasteiger partial charge in [0.1, 0.15) is 6.10 Å². The van der Waals surface area contributed by atoms with Crippen LogP contribution >= 0.6 is 0 Å². The van der Waals surface area contributed by atoms with Gasteiger partial charge in [-0.2, -0.15) is 0 Å². The number of ether oxygens (including phenoxy) is 3. The number of hydrogen-bond acceptors (Lipinski definition) is 6. The highest BCUT2D eigenvalue weighted by Crippen LogP contribution is 2.35.